The van der Waals surface area contributed by atoms with Gasteiger partial charge in [0.15, 0.2) is 5.65 Å². The van der Waals surface area contributed by atoms with Gasteiger partial charge in [-0.25, -0.2) is 14.8 Å². The van der Waals surface area contributed by atoms with Gasteiger partial charge in [0.2, 0.25) is 0 Å². The Bertz CT molecular complexity index is 1200. The molecule has 0 radical (unpaired) electrons. The number of para-hydroxylation sites is 3. The lowest BCUT2D eigenvalue weighted by Gasteiger charge is -2.12. The van der Waals surface area contributed by atoms with Gasteiger partial charge in [0.25, 0.3) is 0 Å². The van der Waals surface area contributed by atoms with Crippen LogP contribution in [0.5, 0.6) is 0 Å². The van der Waals surface area contributed by atoms with Crippen molar-refractivity contribution in [1.82, 2.24) is 14.5 Å². The third-order valence-electron chi connectivity index (χ3n) is 5.05. The first-order valence-corrected chi connectivity index (χ1v) is 9.97. The van der Waals surface area contributed by atoms with Crippen LogP contribution in [0.2, 0.25) is 0 Å². The number of aromatic nitrogens is 3. The molecule has 0 spiro atoms. The predicted molar refractivity (Wildman–Crippen MR) is 115 cm³/mol. The van der Waals surface area contributed by atoms with Crippen LogP contribution in [0.1, 0.15) is 42.6 Å². The quantitative estimate of drug-likeness (QED) is 0.383. The number of nitrogens with two attached hydrogens (primary N) is 1. The minimum atomic E-state index is -0.460. The van der Waals surface area contributed by atoms with E-state index in [1.165, 1.54) is 0 Å². The number of aryl methyl sites for hydroxylation is 1. The van der Waals surface area contributed by atoms with E-state index in [2.05, 4.69) is 6.92 Å². The lowest BCUT2D eigenvalue weighted by atomic mass is 10.1. The molecule has 0 atom stereocenters. The number of benzene rings is 2. The number of esters is 1. The van der Waals surface area contributed by atoms with Crippen LogP contribution in [0, 0.1) is 0 Å². The van der Waals surface area contributed by atoms with Crippen LogP contribution in [0.25, 0.3) is 27.9 Å². The van der Waals surface area contributed by atoms with Gasteiger partial charge in [0.1, 0.15) is 16.9 Å². The van der Waals surface area contributed by atoms with E-state index >= 15 is 0 Å². The Kier molecular flexibility index (Phi) is 5.16. The fraction of sp³-hybridized carbons (Fsp3) is 0.261. The molecule has 0 bridgehead atoms. The van der Waals surface area contributed by atoms with Gasteiger partial charge in [0.05, 0.1) is 23.3 Å². The molecular formula is C23H24N4O2. The van der Waals surface area contributed by atoms with E-state index < -0.39 is 5.97 Å². The number of hydrogen-bond donors (Lipinski definition) is 1. The number of ether oxygens (including phenoxy) is 1. The van der Waals surface area contributed by atoms with Crippen molar-refractivity contribution in [3.63, 3.8) is 0 Å². The Balaban J connectivity index is 2.01. The number of rotatable bonds is 6. The lowest BCUT2D eigenvalue weighted by molar-refractivity contribution is 0.0503. The number of unbranched alkanes of at least 4 members (excludes halogenated alkanes) is 1. The van der Waals surface area contributed by atoms with Crippen LogP contribution in [0.15, 0.2) is 48.5 Å². The standard InChI is InChI=1S/C23H24N4O2/c1-3-5-14-29-23(28)19-20-22(26-17-12-8-7-11-16(17)25-20)27(21(19)24)18-13-9-6-10-15(18)4-2/h6-13H,3-5,14,24H2,1-2H3. The highest BCUT2D eigenvalue weighted by Gasteiger charge is 2.26. The zero-order chi connectivity index (χ0) is 20.4. The van der Waals surface area contributed by atoms with Gasteiger partial charge in [-0.1, -0.05) is 50.6 Å². The van der Waals surface area contributed by atoms with Crippen molar-refractivity contribution in [2.24, 2.45) is 0 Å². The van der Waals surface area contributed by atoms with Gasteiger partial charge in [-0.2, -0.15) is 0 Å². The highest BCUT2D eigenvalue weighted by atomic mass is 16.5. The van der Waals surface area contributed by atoms with Crippen molar-refractivity contribution in [2.75, 3.05) is 12.3 Å². The summed E-state index contributed by atoms with van der Waals surface area (Å²) in [6.45, 7) is 4.49. The highest BCUT2D eigenvalue weighted by Crippen LogP contribution is 2.32. The number of nitrogen functional groups attached to an aromatic ring is 1. The van der Waals surface area contributed by atoms with Crippen molar-refractivity contribution in [3.05, 3.63) is 59.7 Å². The maximum atomic E-state index is 12.9. The fourth-order valence-corrected chi connectivity index (χ4v) is 3.52. The maximum Gasteiger partial charge on any atom is 0.344 e. The van der Waals surface area contributed by atoms with Crippen LogP contribution >= 0.6 is 0 Å². The molecule has 0 aliphatic heterocycles. The molecule has 0 saturated carbocycles. The predicted octanol–water partition coefficient (Wildman–Crippen LogP) is 4.68. The van der Waals surface area contributed by atoms with E-state index in [0.29, 0.717) is 29.1 Å². The minimum absolute atomic E-state index is 0.278. The average molecular weight is 388 g/mol. The van der Waals surface area contributed by atoms with Crippen LogP contribution in [-0.2, 0) is 11.2 Å². The molecule has 2 aromatic carbocycles. The van der Waals surface area contributed by atoms with Gasteiger partial charge in [-0.15, -0.1) is 0 Å². The number of carbonyl (C=O) groups excluding carboxylic acids is 1. The Hall–Kier alpha value is -3.41. The molecule has 148 valence electrons. The lowest BCUT2D eigenvalue weighted by Crippen LogP contribution is -2.10. The Morgan fingerprint density at radius 1 is 1.03 bits per heavy atom. The molecule has 0 aliphatic rings. The van der Waals surface area contributed by atoms with Crippen LogP contribution in [-0.4, -0.2) is 27.1 Å². The molecular weight excluding hydrogens is 364 g/mol. The van der Waals surface area contributed by atoms with E-state index in [1.807, 2.05) is 60.0 Å². The monoisotopic (exact) mass is 388 g/mol. The van der Waals surface area contributed by atoms with Crippen molar-refractivity contribution < 1.29 is 9.53 Å². The summed E-state index contributed by atoms with van der Waals surface area (Å²) in [5, 5.41) is 0. The summed E-state index contributed by atoms with van der Waals surface area (Å²) in [6.07, 6.45) is 2.57. The van der Waals surface area contributed by atoms with Crippen molar-refractivity contribution in [1.29, 1.82) is 0 Å². The molecule has 6 nitrogen and oxygen atoms in total. The normalized spacial score (nSPS) is 11.2. The van der Waals surface area contributed by atoms with Gasteiger partial charge in [-0.05, 0) is 36.6 Å². The number of carbonyl (C=O) groups is 1. The Morgan fingerprint density at radius 2 is 1.72 bits per heavy atom. The van der Waals surface area contributed by atoms with E-state index in [4.69, 9.17) is 20.4 Å². The van der Waals surface area contributed by atoms with Crippen LogP contribution in [0.3, 0.4) is 0 Å². The molecule has 0 fully saturated rings. The van der Waals surface area contributed by atoms with Gasteiger partial charge < -0.3 is 10.5 Å². The molecule has 6 heteroatoms. The summed E-state index contributed by atoms with van der Waals surface area (Å²) in [6, 6.07) is 15.6. The zero-order valence-corrected chi connectivity index (χ0v) is 16.7. The van der Waals surface area contributed by atoms with Gasteiger partial charge in [0, 0.05) is 0 Å². The maximum absolute atomic E-state index is 12.9. The zero-order valence-electron chi connectivity index (χ0n) is 16.7. The molecule has 4 rings (SSSR count). The highest BCUT2D eigenvalue weighted by molar-refractivity contribution is 6.09. The molecule has 0 aliphatic carbocycles. The topological polar surface area (TPSA) is 83.0 Å². The molecule has 29 heavy (non-hydrogen) atoms. The Labute approximate surface area is 169 Å². The third-order valence-corrected chi connectivity index (χ3v) is 5.05. The molecule has 0 amide bonds. The first-order valence-electron chi connectivity index (χ1n) is 9.97. The second-order valence-corrected chi connectivity index (χ2v) is 6.95. The van der Waals surface area contributed by atoms with Crippen molar-refractivity contribution in [2.45, 2.75) is 33.1 Å². The third kappa shape index (κ3) is 3.31. The summed E-state index contributed by atoms with van der Waals surface area (Å²) in [5.74, 6) is -0.157. The summed E-state index contributed by atoms with van der Waals surface area (Å²) in [4.78, 5) is 22.4. The molecule has 2 N–H and O–H groups in total. The molecule has 2 aromatic heterocycles. The minimum Gasteiger partial charge on any atom is -0.462 e. The second-order valence-electron chi connectivity index (χ2n) is 6.95. The number of anilines is 1. The van der Waals surface area contributed by atoms with Crippen LogP contribution < -0.4 is 5.73 Å². The summed E-state index contributed by atoms with van der Waals surface area (Å²) in [5.41, 5.74) is 11.3. The van der Waals surface area contributed by atoms with E-state index in [9.17, 15) is 4.79 Å². The van der Waals surface area contributed by atoms with Crippen LogP contribution in [0.4, 0.5) is 5.82 Å². The molecule has 2 heterocycles. The molecule has 4 aromatic rings. The van der Waals surface area contributed by atoms with Gasteiger partial charge >= 0.3 is 5.97 Å². The molecule has 0 unspecified atom stereocenters. The fourth-order valence-electron chi connectivity index (χ4n) is 3.52. The summed E-state index contributed by atoms with van der Waals surface area (Å²) < 4.78 is 7.30. The van der Waals surface area contributed by atoms with E-state index in [-0.39, 0.29) is 5.56 Å². The SMILES string of the molecule is CCCCOC(=O)c1c(N)n(-c2ccccc2CC)c2nc3ccccc3nc12. The first-order chi connectivity index (χ1) is 14.2. The number of fused-ring (bicyclic) bond motifs is 2. The Morgan fingerprint density at radius 3 is 2.45 bits per heavy atom. The largest absolute Gasteiger partial charge is 0.462 e. The average Bonchev–Trinajstić information content (AvgIpc) is 3.02. The first kappa shape index (κ1) is 18.9. The summed E-state index contributed by atoms with van der Waals surface area (Å²) in [7, 11) is 0. The smallest absolute Gasteiger partial charge is 0.344 e. The van der Waals surface area contributed by atoms with E-state index in [1.54, 1.807) is 0 Å². The van der Waals surface area contributed by atoms with Gasteiger partial charge in [-0.3, -0.25) is 4.57 Å². The second kappa shape index (κ2) is 7.91. The molecule has 0 saturated heterocycles. The van der Waals surface area contributed by atoms with Crippen molar-refractivity contribution >= 4 is 34.0 Å². The van der Waals surface area contributed by atoms with E-state index in [0.717, 1.165) is 36.0 Å². The van der Waals surface area contributed by atoms with Crippen molar-refractivity contribution in [3.8, 4) is 5.69 Å². The number of nitrogens with zero attached hydrogens (tertiary/aromatic N) is 3. The summed E-state index contributed by atoms with van der Waals surface area (Å²) >= 11 is 0. The number of hydrogen-bond acceptors (Lipinski definition) is 5.